The van der Waals surface area contributed by atoms with Gasteiger partial charge in [0.05, 0.1) is 6.42 Å². The lowest BCUT2D eigenvalue weighted by atomic mass is 9.95. The summed E-state index contributed by atoms with van der Waals surface area (Å²) in [5.41, 5.74) is 1.09. The molecule has 2 N–H and O–H groups in total. The van der Waals surface area contributed by atoms with Crippen molar-refractivity contribution >= 4 is 27.6 Å². The second kappa shape index (κ2) is 5.51. The molecule has 0 bridgehead atoms. The van der Waals surface area contributed by atoms with E-state index in [1.165, 1.54) is 0 Å². The van der Waals surface area contributed by atoms with Crippen molar-refractivity contribution in [1.29, 1.82) is 0 Å². The van der Waals surface area contributed by atoms with Crippen LogP contribution in [0.4, 0.5) is 5.69 Å². The number of hydrogen-bond donors (Lipinski definition) is 2. The first-order chi connectivity index (χ1) is 8.88. The molecule has 1 fully saturated rings. The van der Waals surface area contributed by atoms with Gasteiger partial charge in [0.2, 0.25) is 0 Å². The summed E-state index contributed by atoms with van der Waals surface area (Å²) in [5, 5.41) is 12.3. The van der Waals surface area contributed by atoms with Crippen molar-refractivity contribution in [2.75, 3.05) is 18.0 Å². The fourth-order valence-corrected chi connectivity index (χ4v) is 2.86. The quantitative estimate of drug-likeness (QED) is 0.896. The molecule has 5 heteroatoms. The first-order valence-corrected chi connectivity index (χ1v) is 7.16. The number of piperazine rings is 1. The Morgan fingerprint density at radius 1 is 1.58 bits per heavy atom. The van der Waals surface area contributed by atoms with Gasteiger partial charge in [0.15, 0.2) is 0 Å². The van der Waals surface area contributed by atoms with Crippen LogP contribution in [-0.2, 0) is 4.79 Å². The molecule has 104 valence electrons. The van der Waals surface area contributed by atoms with Gasteiger partial charge in [-0.3, -0.25) is 4.79 Å². The van der Waals surface area contributed by atoms with Crippen LogP contribution in [0.3, 0.4) is 0 Å². The van der Waals surface area contributed by atoms with E-state index in [0.29, 0.717) is 6.54 Å². The van der Waals surface area contributed by atoms with Gasteiger partial charge in [0.25, 0.3) is 0 Å². The minimum atomic E-state index is -0.758. The number of carboxylic acids is 1. The fourth-order valence-electron chi connectivity index (χ4n) is 2.47. The summed E-state index contributed by atoms with van der Waals surface area (Å²) in [5.74, 6) is -0.758. The second-order valence-corrected chi connectivity index (χ2v) is 6.49. The maximum Gasteiger partial charge on any atom is 0.304 e. The van der Waals surface area contributed by atoms with Gasteiger partial charge >= 0.3 is 5.97 Å². The normalized spacial score (nSPS) is 22.3. The molecule has 19 heavy (non-hydrogen) atoms. The highest BCUT2D eigenvalue weighted by Crippen LogP contribution is 2.29. The number of nitrogens with one attached hydrogen (secondary N) is 1. The van der Waals surface area contributed by atoms with Gasteiger partial charge in [-0.15, -0.1) is 0 Å². The Kier molecular flexibility index (Phi) is 4.16. The number of carboxylic acid groups (broad SMARTS) is 1. The molecule has 1 aliphatic heterocycles. The largest absolute Gasteiger partial charge is 0.481 e. The van der Waals surface area contributed by atoms with Crippen molar-refractivity contribution in [3.63, 3.8) is 0 Å². The van der Waals surface area contributed by atoms with Crippen molar-refractivity contribution in [2.24, 2.45) is 0 Å². The average Bonchev–Trinajstić information content (AvgIpc) is 2.31. The third-order valence-corrected chi connectivity index (χ3v) is 3.99. The Labute approximate surface area is 121 Å². The number of nitrogens with zero attached hydrogens (tertiary/aromatic N) is 1. The van der Waals surface area contributed by atoms with Crippen molar-refractivity contribution in [1.82, 2.24) is 5.32 Å². The predicted molar refractivity (Wildman–Crippen MR) is 79.6 cm³/mol. The average molecular weight is 327 g/mol. The number of halogens is 1. The summed E-state index contributed by atoms with van der Waals surface area (Å²) in [4.78, 5) is 13.1. The summed E-state index contributed by atoms with van der Waals surface area (Å²) in [7, 11) is 0. The van der Waals surface area contributed by atoms with Gasteiger partial charge in [0, 0.05) is 34.8 Å². The second-order valence-electron chi connectivity index (χ2n) is 5.58. The van der Waals surface area contributed by atoms with E-state index in [1.807, 2.05) is 12.1 Å². The molecule has 1 aliphatic rings. The van der Waals surface area contributed by atoms with Crippen molar-refractivity contribution in [3.05, 3.63) is 28.7 Å². The van der Waals surface area contributed by atoms with Crippen LogP contribution in [0.2, 0.25) is 0 Å². The lowest BCUT2D eigenvalue weighted by molar-refractivity contribution is -0.137. The molecule has 0 amide bonds. The number of anilines is 1. The van der Waals surface area contributed by atoms with Crippen molar-refractivity contribution in [2.45, 2.75) is 31.8 Å². The van der Waals surface area contributed by atoms with E-state index in [9.17, 15) is 4.79 Å². The molecule has 0 saturated carbocycles. The highest BCUT2D eigenvalue weighted by atomic mass is 79.9. The molecule has 1 heterocycles. The SMILES string of the molecule is CC1(C)CNC(CC(=O)O)CN1c1cccc(Br)c1. The Morgan fingerprint density at radius 2 is 2.32 bits per heavy atom. The van der Waals surface area contributed by atoms with Crippen LogP contribution in [0.1, 0.15) is 20.3 Å². The van der Waals surface area contributed by atoms with Crippen molar-refractivity contribution < 1.29 is 9.90 Å². The molecule has 4 nitrogen and oxygen atoms in total. The van der Waals surface area contributed by atoms with Crippen LogP contribution < -0.4 is 10.2 Å². The van der Waals surface area contributed by atoms with E-state index in [0.717, 1.165) is 16.7 Å². The summed E-state index contributed by atoms with van der Waals surface area (Å²) < 4.78 is 1.04. The summed E-state index contributed by atoms with van der Waals surface area (Å²) in [6.07, 6.45) is 0.153. The Hall–Kier alpha value is -1.07. The van der Waals surface area contributed by atoms with Crippen molar-refractivity contribution in [3.8, 4) is 0 Å². The zero-order valence-electron chi connectivity index (χ0n) is 11.2. The molecular weight excluding hydrogens is 308 g/mol. The zero-order chi connectivity index (χ0) is 14.0. The Balaban J connectivity index is 2.21. The summed E-state index contributed by atoms with van der Waals surface area (Å²) in [6.45, 7) is 5.81. The number of rotatable bonds is 3. The Bertz CT molecular complexity index is 476. The number of benzene rings is 1. The molecular formula is C14H19BrN2O2. The first kappa shape index (κ1) is 14.3. The van der Waals surface area contributed by atoms with E-state index in [4.69, 9.17) is 5.11 Å². The predicted octanol–water partition coefficient (Wildman–Crippen LogP) is 2.48. The van der Waals surface area contributed by atoms with Gasteiger partial charge in [-0.25, -0.2) is 0 Å². The third-order valence-electron chi connectivity index (χ3n) is 3.50. The van der Waals surface area contributed by atoms with E-state index >= 15 is 0 Å². The molecule has 2 rings (SSSR count). The van der Waals surface area contributed by atoms with Crippen LogP contribution >= 0.6 is 15.9 Å². The van der Waals surface area contributed by atoms with Crippen LogP contribution in [0.25, 0.3) is 0 Å². The van der Waals surface area contributed by atoms with Crippen LogP contribution in [0.15, 0.2) is 28.7 Å². The van der Waals surface area contributed by atoms with E-state index in [-0.39, 0.29) is 18.0 Å². The maximum atomic E-state index is 10.9. The van der Waals surface area contributed by atoms with Gasteiger partial charge < -0.3 is 15.3 Å². The van der Waals surface area contributed by atoms with E-state index in [2.05, 4.69) is 52.1 Å². The van der Waals surface area contributed by atoms with Gasteiger partial charge in [0.1, 0.15) is 0 Å². The topological polar surface area (TPSA) is 52.6 Å². The standard InChI is InChI=1S/C14H19BrN2O2/c1-14(2)9-16-11(7-13(18)19)8-17(14)12-5-3-4-10(15)6-12/h3-6,11,16H,7-9H2,1-2H3,(H,18,19). The molecule has 1 atom stereocenters. The molecule has 0 spiro atoms. The van der Waals surface area contributed by atoms with Crippen LogP contribution in [0, 0.1) is 0 Å². The number of hydrogen-bond acceptors (Lipinski definition) is 3. The van der Waals surface area contributed by atoms with Gasteiger partial charge in [-0.1, -0.05) is 22.0 Å². The molecule has 1 aromatic carbocycles. The van der Waals surface area contributed by atoms with Crippen LogP contribution in [0.5, 0.6) is 0 Å². The maximum absolute atomic E-state index is 10.9. The highest BCUT2D eigenvalue weighted by Gasteiger charge is 2.34. The van der Waals surface area contributed by atoms with E-state index < -0.39 is 5.97 Å². The molecule has 1 aromatic rings. The molecule has 1 saturated heterocycles. The highest BCUT2D eigenvalue weighted by molar-refractivity contribution is 9.10. The lowest BCUT2D eigenvalue weighted by Crippen LogP contribution is -2.62. The number of aliphatic carboxylic acids is 1. The smallest absolute Gasteiger partial charge is 0.304 e. The van der Waals surface area contributed by atoms with Gasteiger partial charge in [-0.2, -0.15) is 0 Å². The summed E-state index contributed by atoms with van der Waals surface area (Å²) in [6, 6.07) is 8.13. The molecule has 0 aliphatic carbocycles. The summed E-state index contributed by atoms with van der Waals surface area (Å²) >= 11 is 3.49. The minimum Gasteiger partial charge on any atom is -0.481 e. The fraction of sp³-hybridized carbons (Fsp3) is 0.500. The molecule has 0 aromatic heterocycles. The lowest BCUT2D eigenvalue weighted by Gasteiger charge is -2.47. The van der Waals surface area contributed by atoms with E-state index in [1.54, 1.807) is 0 Å². The first-order valence-electron chi connectivity index (χ1n) is 6.37. The zero-order valence-corrected chi connectivity index (χ0v) is 12.8. The molecule has 1 unspecified atom stereocenters. The monoisotopic (exact) mass is 326 g/mol. The van der Waals surface area contributed by atoms with Crippen LogP contribution in [-0.4, -0.2) is 35.7 Å². The number of carbonyl (C=O) groups is 1. The van der Waals surface area contributed by atoms with Gasteiger partial charge in [-0.05, 0) is 32.0 Å². The Morgan fingerprint density at radius 3 is 2.95 bits per heavy atom. The molecule has 0 radical (unpaired) electrons. The minimum absolute atomic E-state index is 0.00972. The third kappa shape index (κ3) is 3.48.